The number of rotatable bonds is 5. The average Bonchev–Trinajstić information content (AvgIpc) is 2.92. The normalized spacial score (nSPS) is 14.8. The lowest BCUT2D eigenvalue weighted by molar-refractivity contribution is -0.138. The van der Waals surface area contributed by atoms with Gasteiger partial charge in [0.2, 0.25) is 5.91 Å². The Hall–Kier alpha value is -2.44. The summed E-state index contributed by atoms with van der Waals surface area (Å²) in [5.74, 6) is 1.49. The smallest absolute Gasteiger partial charge is 0.253 e. The van der Waals surface area contributed by atoms with Crippen LogP contribution in [0.4, 0.5) is 0 Å². The van der Waals surface area contributed by atoms with E-state index in [9.17, 15) is 9.59 Å². The zero-order valence-corrected chi connectivity index (χ0v) is 13.5. The summed E-state index contributed by atoms with van der Waals surface area (Å²) < 4.78 is 3.51. The Bertz CT molecular complexity index is 758. The van der Waals surface area contributed by atoms with E-state index in [0.717, 1.165) is 31.9 Å². The van der Waals surface area contributed by atoms with Crippen molar-refractivity contribution < 1.29 is 4.79 Å². The highest BCUT2D eigenvalue weighted by Crippen LogP contribution is 2.18. The van der Waals surface area contributed by atoms with Crippen LogP contribution in [0.2, 0.25) is 0 Å². The lowest BCUT2D eigenvalue weighted by Crippen LogP contribution is -2.52. The van der Waals surface area contributed by atoms with E-state index < -0.39 is 0 Å². The maximum atomic E-state index is 12.2. The third kappa shape index (κ3) is 3.33. The van der Waals surface area contributed by atoms with E-state index in [0.29, 0.717) is 11.6 Å². The quantitative estimate of drug-likeness (QED) is 0.804. The highest BCUT2D eigenvalue weighted by Gasteiger charge is 2.31. The molecule has 23 heavy (non-hydrogen) atoms. The van der Waals surface area contributed by atoms with Crippen LogP contribution < -0.4 is 5.56 Å². The van der Waals surface area contributed by atoms with Crippen LogP contribution in [0.5, 0.6) is 0 Å². The summed E-state index contributed by atoms with van der Waals surface area (Å²) in [6.07, 6.45) is 6.15. The zero-order valence-electron chi connectivity index (χ0n) is 13.5. The highest BCUT2D eigenvalue weighted by molar-refractivity contribution is 5.76. The van der Waals surface area contributed by atoms with Gasteiger partial charge in [-0.3, -0.25) is 14.2 Å². The van der Waals surface area contributed by atoms with Gasteiger partial charge in [-0.2, -0.15) is 0 Å². The molecule has 1 fully saturated rings. The molecule has 1 amide bonds. The molecule has 3 heterocycles. The van der Waals surface area contributed by atoms with Crippen molar-refractivity contribution >= 4 is 5.91 Å². The van der Waals surface area contributed by atoms with E-state index in [2.05, 4.69) is 21.5 Å². The minimum atomic E-state index is -0.186. The van der Waals surface area contributed by atoms with Crippen molar-refractivity contribution in [3.63, 3.8) is 0 Å². The molecule has 0 saturated carbocycles. The van der Waals surface area contributed by atoms with Crippen molar-refractivity contribution in [1.82, 2.24) is 24.0 Å². The minimum absolute atomic E-state index is 0.0321. The molecule has 1 saturated heterocycles. The second-order valence-electron chi connectivity index (χ2n) is 6.01. The molecular formula is C16H21N5O2. The van der Waals surface area contributed by atoms with Crippen molar-refractivity contribution in [3.8, 4) is 0 Å². The van der Waals surface area contributed by atoms with Crippen LogP contribution in [-0.4, -0.2) is 43.0 Å². The van der Waals surface area contributed by atoms with E-state index >= 15 is 0 Å². The van der Waals surface area contributed by atoms with E-state index in [1.165, 1.54) is 17.0 Å². The standard InChI is InChI=1S/C16H21N5O2/c1-3-14-17-4-5-19(14)7-13-8-20(9-13)16(23)10-21-11-18-12(2)6-15(21)22/h4-6,11,13H,3,7-10H2,1-2H3. The van der Waals surface area contributed by atoms with Gasteiger partial charge in [0.15, 0.2) is 0 Å². The Morgan fingerprint density at radius 3 is 2.78 bits per heavy atom. The van der Waals surface area contributed by atoms with Crippen molar-refractivity contribution in [2.75, 3.05) is 13.1 Å². The van der Waals surface area contributed by atoms with Gasteiger partial charge < -0.3 is 9.47 Å². The first-order chi connectivity index (χ1) is 11.1. The first-order valence-electron chi connectivity index (χ1n) is 7.87. The number of carbonyl (C=O) groups is 1. The number of likely N-dealkylation sites (tertiary alicyclic amines) is 1. The van der Waals surface area contributed by atoms with Gasteiger partial charge in [0.05, 0.1) is 6.33 Å². The number of imidazole rings is 1. The van der Waals surface area contributed by atoms with Gasteiger partial charge >= 0.3 is 0 Å². The van der Waals surface area contributed by atoms with Crippen molar-refractivity contribution in [2.45, 2.75) is 33.4 Å². The van der Waals surface area contributed by atoms with Gasteiger partial charge in [-0.15, -0.1) is 0 Å². The predicted octanol–water partition coefficient (Wildman–Crippen LogP) is 0.469. The van der Waals surface area contributed by atoms with E-state index in [1.54, 1.807) is 11.8 Å². The molecule has 0 atom stereocenters. The second-order valence-corrected chi connectivity index (χ2v) is 6.01. The van der Waals surface area contributed by atoms with Gasteiger partial charge in [-0.05, 0) is 6.92 Å². The van der Waals surface area contributed by atoms with Crippen LogP contribution >= 0.6 is 0 Å². The maximum absolute atomic E-state index is 12.2. The molecule has 3 rings (SSSR count). The third-order valence-electron chi connectivity index (χ3n) is 4.20. The molecule has 0 aromatic carbocycles. The molecule has 1 aliphatic heterocycles. The van der Waals surface area contributed by atoms with Gasteiger partial charge in [0, 0.05) is 56.1 Å². The predicted molar refractivity (Wildman–Crippen MR) is 84.9 cm³/mol. The van der Waals surface area contributed by atoms with Gasteiger partial charge in [0.25, 0.3) is 5.56 Å². The summed E-state index contributed by atoms with van der Waals surface area (Å²) in [5, 5.41) is 0. The summed E-state index contributed by atoms with van der Waals surface area (Å²) >= 11 is 0. The molecule has 0 bridgehead atoms. The Morgan fingerprint density at radius 2 is 2.09 bits per heavy atom. The van der Waals surface area contributed by atoms with Crippen molar-refractivity contribution in [1.29, 1.82) is 0 Å². The molecule has 1 aliphatic rings. The lowest BCUT2D eigenvalue weighted by Gasteiger charge is -2.39. The van der Waals surface area contributed by atoms with Crippen LogP contribution in [0, 0.1) is 12.8 Å². The summed E-state index contributed by atoms with van der Waals surface area (Å²) in [6.45, 7) is 6.25. The number of aromatic nitrogens is 4. The fourth-order valence-corrected chi connectivity index (χ4v) is 2.87. The second kappa shape index (κ2) is 6.36. The van der Waals surface area contributed by atoms with Gasteiger partial charge in [0.1, 0.15) is 12.4 Å². The number of aryl methyl sites for hydroxylation is 2. The molecule has 7 heteroatoms. The number of hydrogen-bond donors (Lipinski definition) is 0. The molecule has 0 N–H and O–H groups in total. The zero-order chi connectivity index (χ0) is 16.4. The average molecular weight is 315 g/mol. The fraction of sp³-hybridized carbons (Fsp3) is 0.500. The summed E-state index contributed by atoms with van der Waals surface area (Å²) in [4.78, 5) is 34.2. The molecule has 2 aromatic rings. The molecule has 2 aromatic heterocycles. The first-order valence-corrected chi connectivity index (χ1v) is 7.87. The number of nitrogens with zero attached hydrogens (tertiary/aromatic N) is 5. The maximum Gasteiger partial charge on any atom is 0.253 e. The Labute approximate surface area is 134 Å². The summed E-state index contributed by atoms with van der Waals surface area (Å²) in [6, 6.07) is 1.44. The van der Waals surface area contributed by atoms with Crippen LogP contribution in [0.1, 0.15) is 18.4 Å². The summed E-state index contributed by atoms with van der Waals surface area (Å²) in [5.41, 5.74) is 0.476. The minimum Gasteiger partial charge on any atom is -0.340 e. The number of amides is 1. The topological polar surface area (TPSA) is 73.0 Å². The van der Waals surface area contributed by atoms with Gasteiger partial charge in [-0.1, -0.05) is 6.92 Å². The highest BCUT2D eigenvalue weighted by atomic mass is 16.2. The SMILES string of the molecule is CCc1nccn1CC1CN(C(=O)Cn2cnc(C)cc2=O)C1. The van der Waals surface area contributed by atoms with Crippen molar-refractivity contribution in [3.05, 3.63) is 46.7 Å². The molecule has 0 spiro atoms. The number of hydrogen-bond acceptors (Lipinski definition) is 4. The van der Waals surface area contributed by atoms with Gasteiger partial charge in [-0.25, -0.2) is 9.97 Å². The largest absolute Gasteiger partial charge is 0.340 e. The Kier molecular flexibility index (Phi) is 4.27. The third-order valence-corrected chi connectivity index (χ3v) is 4.20. The Morgan fingerprint density at radius 1 is 1.30 bits per heavy atom. The first kappa shape index (κ1) is 15.5. The fourth-order valence-electron chi connectivity index (χ4n) is 2.87. The molecule has 0 unspecified atom stereocenters. The molecule has 0 aliphatic carbocycles. The lowest BCUT2D eigenvalue weighted by atomic mass is 10.00. The monoisotopic (exact) mass is 315 g/mol. The van der Waals surface area contributed by atoms with E-state index in [4.69, 9.17) is 0 Å². The van der Waals surface area contributed by atoms with Crippen LogP contribution in [0.25, 0.3) is 0 Å². The van der Waals surface area contributed by atoms with Crippen LogP contribution in [0.15, 0.2) is 29.6 Å². The van der Waals surface area contributed by atoms with E-state index in [-0.39, 0.29) is 18.0 Å². The molecule has 0 radical (unpaired) electrons. The number of carbonyl (C=O) groups excluding carboxylic acids is 1. The van der Waals surface area contributed by atoms with Crippen molar-refractivity contribution in [2.24, 2.45) is 5.92 Å². The molecular weight excluding hydrogens is 294 g/mol. The van der Waals surface area contributed by atoms with Crippen LogP contribution in [0.3, 0.4) is 0 Å². The Balaban J connectivity index is 1.53. The summed E-state index contributed by atoms with van der Waals surface area (Å²) in [7, 11) is 0. The molecule has 122 valence electrons. The van der Waals surface area contributed by atoms with Crippen LogP contribution in [-0.2, 0) is 24.3 Å². The molecule has 7 nitrogen and oxygen atoms in total. The van der Waals surface area contributed by atoms with E-state index in [1.807, 2.05) is 12.4 Å².